The van der Waals surface area contributed by atoms with Crippen molar-refractivity contribution in [2.45, 2.75) is 26.3 Å². The molecule has 1 atom stereocenters. The Bertz CT molecular complexity index is 811. The summed E-state index contributed by atoms with van der Waals surface area (Å²) in [5, 5.41) is 5.48. The molecule has 0 radical (unpaired) electrons. The second kappa shape index (κ2) is 7.53. The number of esters is 1. The van der Waals surface area contributed by atoms with Crippen LogP contribution in [0.4, 0.5) is 4.79 Å². The molecule has 5 nitrogen and oxygen atoms in total. The highest BCUT2D eigenvalue weighted by molar-refractivity contribution is 7.12. The molecular weight excluding hydrogens is 336 g/mol. The summed E-state index contributed by atoms with van der Waals surface area (Å²) in [6.07, 6.45) is 0.654. The van der Waals surface area contributed by atoms with Crippen LogP contribution in [0.2, 0.25) is 0 Å². The van der Waals surface area contributed by atoms with E-state index in [1.807, 2.05) is 49.4 Å². The van der Waals surface area contributed by atoms with Crippen molar-refractivity contribution < 1.29 is 14.3 Å². The molecule has 6 heteroatoms. The van der Waals surface area contributed by atoms with E-state index >= 15 is 0 Å². The van der Waals surface area contributed by atoms with Gasteiger partial charge in [-0.2, -0.15) is 0 Å². The van der Waals surface area contributed by atoms with Gasteiger partial charge in [-0.25, -0.2) is 9.59 Å². The Hall–Kier alpha value is -2.60. The molecule has 2 heterocycles. The van der Waals surface area contributed by atoms with E-state index in [1.165, 1.54) is 0 Å². The summed E-state index contributed by atoms with van der Waals surface area (Å²) < 4.78 is 5.47. The van der Waals surface area contributed by atoms with Crippen molar-refractivity contribution in [1.82, 2.24) is 10.6 Å². The quantitative estimate of drug-likeness (QED) is 0.806. The minimum absolute atomic E-state index is 0.295. The molecular formula is C19H20N2O3S. The van der Waals surface area contributed by atoms with Crippen molar-refractivity contribution >= 4 is 23.3 Å². The number of hydrogen-bond acceptors (Lipinski definition) is 4. The average Bonchev–Trinajstić information content (AvgIpc) is 3.01. The van der Waals surface area contributed by atoms with Crippen LogP contribution < -0.4 is 10.6 Å². The third-order valence-corrected chi connectivity index (χ3v) is 5.07. The number of rotatable bonds is 5. The number of aryl methyl sites for hydroxylation is 1. The molecule has 1 aromatic carbocycles. The zero-order chi connectivity index (χ0) is 17.8. The van der Waals surface area contributed by atoms with E-state index in [2.05, 4.69) is 10.6 Å². The van der Waals surface area contributed by atoms with Crippen molar-refractivity contribution in [2.75, 3.05) is 6.61 Å². The second-order valence-electron chi connectivity index (χ2n) is 5.89. The number of carbonyl (C=O) groups is 2. The van der Waals surface area contributed by atoms with Crippen LogP contribution in [0, 0.1) is 6.92 Å². The lowest BCUT2D eigenvalue weighted by Crippen LogP contribution is -2.45. The zero-order valence-electron chi connectivity index (χ0n) is 14.2. The molecule has 0 fully saturated rings. The number of allylic oxidation sites excluding steroid dienone is 1. The maximum absolute atomic E-state index is 12.6. The lowest BCUT2D eigenvalue weighted by Gasteiger charge is -2.27. The van der Waals surface area contributed by atoms with Crippen LogP contribution in [0.15, 0.2) is 53.7 Å². The van der Waals surface area contributed by atoms with Crippen LogP contribution in [-0.4, -0.2) is 18.6 Å². The Morgan fingerprint density at radius 1 is 1.16 bits per heavy atom. The van der Waals surface area contributed by atoms with E-state index < -0.39 is 12.0 Å². The van der Waals surface area contributed by atoms with E-state index in [-0.39, 0.29) is 6.03 Å². The summed E-state index contributed by atoms with van der Waals surface area (Å²) in [5.74, 6) is -0.406. The predicted molar refractivity (Wildman–Crippen MR) is 97.3 cm³/mol. The first-order valence-corrected chi connectivity index (χ1v) is 8.92. The maximum atomic E-state index is 12.6. The maximum Gasteiger partial charge on any atom is 0.338 e. The van der Waals surface area contributed by atoms with Gasteiger partial charge in [0.2, 0.25) is 0 Å². The minimum atomic E-state index is -0.475. The first kappa shape index (κ1) is 17.2. The summed E-state index contributed by atoms with van der Waals surface area (Å²) in [6, 6.07) is 13.0. The van der Waals surface area contributed by atoms with Gasteiger partial charge in [0, 0.05) is 21.9 Å². The van der Waals surface area contributed by atoms with Crippen LogP contribution in [0.3, 0.4) is 0 Å². The number of amides is 2. The van der Waals surface area contributed by atoms with Gasteiger partial charge >= 0.3 is 12.0 Å². The summed E-state index contributed by atoms with van der Waals surface area (Å²) >= 11 is 1.56. The summed E-state index contributed by atoms with van der Waals surface area (Å²) in [5.41, 5.74) is 2.10. The lowest BCUT2D eigenvalue weighted by atomic mass is 10.0. The molecule has 2 amide bonds. The first-order valence-electron chi connectivity index (χ1n) is 8.10. The monoisotopic (exact) mass is 356 g/mol. The zero-order valence-corrected chi connectivity index (χ0v) is 15.0. The molecule has 3 rings (SSSR count). The van der Waals surface area contributed by atoms with Gasteiger partial charge in [-0.15, -0.1) is 11.3 Å². The number of hydrogen-bond donors (Lipinski definition) is 2. The molecule has 0 unspecified atom stereocenters. The molecule has 1 aliphatic rings. The van der Waals surface area contributed by atoms with Crippen molar-refractivity contribution in [3.05, 3.63) is 69.1 Å². The highest BCUT2D eigenvalue weighted by atomic mass is 32.1. The summed E-state index contributed by atoms with van der Waals surface area (Å²) in [4.78, 5) is 26.5. The number of urea groups is 1. The Morgan fingerprint density at radius 3 is 2.60 bits per heavy atom. The standard InChI is InChI=1S/C19H20N2O3S/c1-12-8-9-15(25-12)17-16(13(2)20-19(23)21-17)18(22)24-11-10-14-6-4-3-5-7-14/h3-9,17H,10-11H2,1-2H3,(H2,20,21,23)/t17-/m0/s1. The molecule has 2 aromatic rings. The number of thiophene rings is 1. The number of carbonyl (C=O) groups excluding carboxylic acids is 2. The van der Waals surface area contributed by atoms with Crippen molar-refractivity contribution in [3.8, 4) is 0 Å². The number of benzene rings is 1. The molecule has 0 saturated heterocycles. The topological polar surface area (TPSA) is 67.4 Å². The summed E-state index contributed by atoms with van der Waals surface area (Å²) in [6.45, 7) is 4.01. The predicted octanol–water partition coefficient (Wildman–Crippen LogP) is 3.47. The molecule has 2 N–H and O–H groups in total. The van der Waals surface area contributed by atoms with Gasteiger partial charge in [-0.3, -0.25) is 0 Å². The fourth-order valence-electron chi connectivity index (χ4n) is 2.77. The molecule has 1 aromatic heterocycles. The largest absolute Gasteiger partial charge is 0.462 e. The Balaban J connectivity index is 1.73. The molecule has 0 spiro atoms. The third-order valence-electron chi connectivity index (χ3n) is 4.00. The van der Waals surface area contributed by atoms with Crippen LogP contribution in [0.5, 0.6) is 0 Å². The van der Waals surface area contributed by atoms with Crippen molar-refractivity contribution in [1.29, 1.82) is 0 Å². The van der Waals surface area contributed by atoms with Crippen LogP contribution in [-0.2, 0) is 16.0 Å². The number of nitrogens with one attached hydrogen (secondary N) is 2. The third kappa shape index (κ3) is 4.09. The molecule has 0 aliphatic carbocycles. The lowest BCUT2D eigenvalue weighted by molar-refractivity contribution is -0.139. The van der Waals surface area contributed by atoms with Gasteiger partial charge in [0.1, 0.15) is 0 Å². The highest BCUT2D eigenvalue weighted by Crippen LogP contribution is 2.32. The van der Waals surface area contributed by atoms with Gasteiger partial charge in [0.25, 0.3) is 0 Å². The van der Waals surface area contributed by atoms with Gasteiger partial charge in [0.15, 0.2) is 0 Å². The van der Waals surface area contributed by atoms with Crippen LogP contribution in [0.1, 0.15) is 28.3 Å². The SMILES string of the molecule is CC1=C(C(=O)OCCc2ccccc2)[C@H](c2ccc(C)s2)NC(=O)N1. The van der Waals surface area contributed by atoms with Gasteiger partial charge in [0.05, 0.1) is 18.2 Å². The molecule has 1 aliphatic heterocycles. The smallest absolute Gasteiger partial charge is 0.338 e. The Morgan fingerprint density at radius 2 is 1.92 bits per heavy atom. The normalized spacial score (nSPS) is 17.0. The molecule has 0 saturated carbocycles. The van der Waals surface area contributed by atoms with Crippen molar-refractivity contribution in [3.63, 3.8) is 0 Å². The Kier molecular flexibility index (Phi) is 5.19. The second-order valence-corrected chi connectivity index (χ2v) is 7.21. The van der Waals surface area contributed by atoms with Crippen LogP contribution >= 0.6 is 11.3 Å². The van der Waals surface area contributed by atoms with Gasteiger partial charge in [-0.1, -0.05) is 30.3 Å². The average molecular weight is 356 g/mol. The van der Waals surface area contributed by atoms with E-state index in [1.54, 1.807) is 18.3 Å². The van der Waals surface area contributed by atoms with E-state index in [0.29, 0.717) is 24.3 Å². The van der Waals surface area contributed by atoms with Gasteiger partial charge < -0.3 is 15.4 Å². The van der Waals surface area contributed by atoms with E-state index in [0.717, 1.165) is 15.3 Å². The minimum Gasteiger partial charge on any atom is -0.462 e. The summed E-state index contributed by atoms with van der Waals surface area (Å²) in [7, 11) is 0. The van der Waals surface area contributed by atoms with E-state index in [4.69, 9.17) is 4.74 Å². The molecule has 0 bridgehead atoms. The highest BCUT2D eigenvalue weighted by Gasteiger charge is 2.32. The molecule has 25 heavy (non-hydrogen) atoms. The Labute approximate surface area is 150 Å². The van der Waals surface area contributed by atoms with Crippen molar-refractivity contribution in [2.24, 2.45) is 0 Å². The van der Waals surface area contributed by atoms with Gasteiger partial charge in [-0.05, 0) is 31.5 Å². The van der Waals surface area contributed by atoms with E-state index in [9.17, 15) is 9.59 Å². The number of ether oxygens (including phenoxy) is 1. The van der Waals surface area contributed by atoms with Crippen LogP contribution in [0.25, 0.3) is 0 Å². The molecule has 130 valence electrons. The fraction of sp³-hybridized carbons (Fsp3) is 0.263. The first-order chi connectivity index (χ1) is 12.0. The fourth-order valence-corrected chi connectivity index (χ4v) is 3.71.